The van der Waals surface area contributed by atoms with Crippen molar-refractivity contribution in [3.05, 3.63) is 75.3 Å². The van der Waals surface area contributed by atoms with Gasteiger partial charge in [-0.2, -0.15) is 4.68 Å². The van der Waals surface area contributed by atoms with Crippen molar-refractivity contribution in [3.8, 4) is 0 Å². The molecule has 0 fully saturated rings. The van der Waals surface area contributed by atoms with E-state index in [2.05, 4.69) is 10.4 Å². The summed E-state index contributed by atoms with van der Waals surface area (Å²) in [5, 5.41) is 0.471. The van der Waals surface area contributed by atoms with Gasteiger partial charge >= 0.3 is 0 Å². The van der Waals surface area contributed by atoms with Gasteiger partial charge in [0.1, 0.15) is 0 Å². The van der Waals surface area contributed by atoms with E-state index in [0.717, 1.165) is 10.2 Å². The molecule has 0 saturated heterocycles. The minimum atomic E-state index is -0.348. The van der Waals surface area contributed by atoms with E-state index in [4.69, 9.17) is 12.2 Å². The molecule has 2 N–H and O–H groups in total. The van der Waals surface area contributed by atoms with Gasteiger partial charge in [-0.1, -0.05) is 49.4 Å². The van der Waals surface area contributed by atoms with Crippen molar-refractivity contribution in [2.24, 2.45) is 0 Å². The van der Waals surface area contributed by atoms with Gasteiger partial charge in [0.25, 0.3) is 5.56 Å². The molecule has 1 amide bonds. The van der Waals surface area contributed by atoms with Gasteiger partial charge in [0.05, 0.1) is 16.8 Å². The normalized spacial score (nSPS) is 12.0. The molecule has 6 heteroatoms. The van der Waals surface area contributed by atoms with Crippen LogP contribution in [-0.4, -0.2) is 15.6 Å². The van der Waals surface area contributed by atoms with E-state index in [1.165, 1.54) is 0 Å². The Hall–Kier alpha value is -2.73. The minimum absolute atomic E-state index is 0.162. The highest BCUT2D eigenvalue weighted by Crippen LogP contribution is 2.19. The summed E-state index contributed by atoms with van der Waals surface area (Å²) >= 11 is 5.22. The summed E-state index contributed by atoms with van der Waals surface area (Å²) in [4.78, 5) is 28.2. The van der Waals surface area contributed by atoms with Crippen LogP contribution in [0.3, 0.4) is 0 Å². The molecule has 0 bridgehead atoms. The lowest BCUT2D eigenvalue weighted by molar-refractivity contribution is -0.118. The number of carbonyl (C=O) groups excluding carboxylic acids is 1. The lowest BCUT2D eigenvalue weighted by atomic mass is 9.96. The van der Waals surface area contributed by atoms with Crippen LogP contribution in [0.25, 0.3) is 10.9 Å². The van der Waals surface area contributed by atoms with Crippen LogP contribution < -0.4 is 11.0 Å². The molecule has 5 nitrogen and oxygen atoms in total. The van der Waals surface area contributed by atoms with E-state index in [1.807, 2.05) is 43.3 Å². The summed E-state index contributed by atoms with van der Waals surface area (Å²) in [5.41, 5.74) is 3.86. The number of nitrogens with one attached hydrogen (secondary N) is 2. The van der Waals surface area contributed by atoms with E-state index >= 15 is 0 Å². The maximum absolute atomic E-state index is 12.7. The maximum Gasteiger partial charge on any atom is 0.281 e. The van der Waals surface area contributed by atoms with Crippen molar-refractivity contribution < 1.29 is 4.79 Å². The number of benzene rings is 2. The molecular formula is C18H17N3O2S. The van der Waals surface area contributed by atoms with Crippen LogP contribution in [0.2, 0.25) is 0 Å². The van der Waals surface area contributed by atoms with E-state index in [-0.39, 0.29) is 22.2 Å². The number of hydrogen-bond donors (Lipinski definition) is 2. The Bertz CT molecular complexity index is 992. The third-order valence-corrected chi connectivity index (χ3v) is 4.24. The van der Waals surface area contributed by atoms with Crippen LogP contribution in [0.4, 0.5) is 0 Å². The van der Waals surface area contributed by atoms with Crippen molar-refractivity contribution >= 4 is 29.0 Å². The van der Waals surface area contributed by atoms with E-state index in [1.54, 1.807) is 18.2 Å². The third kappa shape index (κ3) is 3.00. The van der Waals surface area contributed by atoms with Crippen molar-refractivity contribution in [2.45, 2.75) is 19.3 Å². The van der Waals surface area contributed by atoms with Gasteiger partial charge in [0, 0.05) is 0 Å². The fraction of sp³-hybridized carbons (Fsp3) is 0.167. The number of aromatic amines is 1. The Morgan fingerprint density at radius 3 is 2.54 bits per heavy atom. The molecule has 0 spiro atoms. The van der Waals surface area contributed by atoms with Gasteiger partial charge in [-0.3, -0.25) is 15.0 Å². The number of hydrogen-bond acceptors (Lipinski definition) is 3. The Kier molecular flexibility index (Phi) is 4.57. The highest BCUT2D eigenvalue weighted by atomic mass is 32.1. The fourth-order valence-corrected chi connectivity index (χ4v) is 2.95. The number of fused-ring (bicyclic) bond motifs is 1. The molecule has 1 heterocycles. The molecule has 1 unspecified atom stereocenters. The lowest BCUT2D eigenvalue weighted by Gasteiger charge is -2.16. The Balaban J connectivity index is 1.99. The van der Waals surface area contributed by atoms with Crippen LogP contribution in [0.5, 0.6) is 0 Å². The summed E-state index contributed by atoms with van der Waals surface area (Å²) in [5.74, 6) is -0.612. The van der Waals surface area contributed by atoms with Crippen molar-refractivity contribution in [1.82, 2.24) is 9.66 Å². The van der Waals surface area contributed by atoms with Crippen molar-refractivity contribution in [2.75, 3.05) is 5.43 Å². The number of para-hydroxylation sites is 1. The highest BCUT2D eigenvalue weighted by Gasteiger charge is 2.19. The van der Waals surface area contributed by atoms with E-state index in [0.29, 0.717) is 17.3 Å². The largest absolute Gasteiger partial charge is 0.330 e. The number of H-pyrrole nitrogens is 1. The second kappa shape index (κ2) is 6.80. The molecule has 3 rings (SSSR count). The topological polar surface area (TPSA) is 66.9 Å². The van der Waals surface area contributed by atoms with Gasteiger partial charge in [-0.05, 0) is 36.3 Å². The Labute approximate surface area is 143 Å². The summed E-state index contributed by atoms with van der Waals surface area (Å²) in [6.45, 7) is 1.93. The third-order valence-electron chi connectivity index (χ3n) is 3.95. The number of aromatic nitrogens is 2. The predicted octanol–water partition coefficient (Wildman–Crippen LogP) is 3.32. The Morgan fingerprint density at radius 2 is 1.83 bits per heavy atom. The zero-order valence-electron chi connectivity index (χ0n) is 13.2. The minimum Gasteiger partial charge on any atom is -0.330 e. The fourth-order valence-electron chi connectivity index (χ4n) is 2.71. The molecule has 0 aliphatic rings. The van der Waals surface area contributed by atoms with Gasteiger partial charge in [0.2, 0.25) is 5.91 Å². The average molecular weight is 339 g/mol. The summed E-state index contributed by atoms with van der Waals surface area (Å²) < 4.78 is 1.26. The second-order valence-corrected chi connectivity index (χ2v) is 5.85. The standard InChI is InChI=1S/C18H17N3O2S/c1-2-13(12-8-4-3-5-9-12)16(22)20-21-17(23)14-10-6-7-11-15(14)19-18(21)24/h3-11,13H,2H2,1H3,(H,19,24)(H,20,22). The monoisotopic (exact) mass is 339 g/mol. The molecule has 24 heavy (non-hydrogen) atoms. The molecule has 122 valence electrons. The van der Waals surface area contributed by atoms with Gasteiger partial charge < -0.3 is 4.98 Å². The SMILES string of the molecule is CCC(C(=O)Nn1c(=S)[nH]c2ccccc2c1=O)c1ccccc1. The van der Waals surface area contributed by atoms with Gasteiger partial charge in [0.15, 0.2) is 4.77 Å². The molecular weight excluding hydrogens is 322 g/mol. The molecule has 1 aromatic heterocycles. The number of nitrogens with zero attached hydrogens (tertiary/aromatic N) is 1. The molecule has 1 atom stereocenters. The first kappa shape index (κ1) is 16.1. The van der Waals surface area contributed by atoms with Gasteiger partial charge in [-0.15, -0.1) is 0 Å². The van der Waals surface area contributed by atoms with Crippen LogP contribution in [0.1, 0.15) is 24.8 Å². The van der Waals surface area contributed by atoms with Crippen molar-refractivity contribution in [3.63, 3.8) is 0 Å². The lowest BCUT2D eigenvalue weighted by Crippen LogP contribution is -2.36. The molecule has 3 aromatic rings. The second-order valence-electron chi connectivity index (χ2n) is 5.46. The Morgan fingerprint density at radius 1 is 1.17 bits per heavy atom. The van der Waals surface area contributed by atoms with Crippen LogP contribution in [0, 0.1) is 4.77 Å². The number of carbonyl (C=O) groups is 1. The molecule has 2 aromatic carbocycles. The number of amides is 1. The van der Waals surface area contributed by atoms with E-state index < -0.39 is 0 Å². The van der Waals surface area contributed by atoms with Crippen LogP contribution in [-0.2, 0) is 4.79 Å². The number of rotatable bonds is 4. The summed E-state index contributed by atoms with van der Waals surface area (Å²) in [6, 6.07) is 16.5. The zero-order valence-corrected chi connectivity index (χ0v) is 14.0. The summed E-state index contributed by atoms with van der Waals surface area (Å²) in [6.07, 6.45) is 0.620. The average Bonchev–Trinajstić information content (AvgIpc) is 2.60. The zero-order chi connectivity index (χ0) is 17.1. The van der Waals surface area contributed by atoms with Crippen LogP contribution in [0.15, 0.2) is 59.4 Å². The quantitative estimate of drug-likeness (QED) is 0.717. The van der Waals surface area contributed by atoms with E-state index in [9.17, 15) is 9.59 Å². The predicted molar refractivity (Wildman–Crippen MR) is 97.2 cm³/mol. The first-order valence-electron chi connectivity index (χ1n) is 7.71. The molecule has 0 aliphatic heterocycles. The van der Waals surface area contributed by atoms with Gasteiger partial charge in [-0.25, -0.2) is 0 Å². The molecule has 0 radical (unpaired) electrons. The smallest absolute Gasteiger partial charge is 0.281 e. The first-order valence-corrected chi connectivity index (χ1v) is 8.12. The molecule has 0 aliphatic carbocycles. The van der Waals surface area contributed by atoms with Crippen molar-refractivity contribution in [1.29, 1.82) is 0 Å². The first-order chi connectivity index (χ1) is 11.6. The maximum atomic E-state index is 12.7. The van der Waals surface area contributed by atoms with Crippen LogP contribution >= 0.6 is 12.2 Å². The molecule has 0 saturated carbocycles. The summed E-state index contributed by atoms with van der Waals surface area (Å²) in [7, 11) is 0. The highest BCUT2D eigenvalue weighted by molar-refractivity contribution is 7.71.